The fourth-order valence-electron chi connectivity index (χ4n) is 1.16. The van der Waals surface area contributed by atoms with Crippen LogP contribution >= 0.6 is 0 Å². The van der Waals surface area contributed by atoms with E-state index in [4.69, 9.17) is 5.73 Å². The van der Waals surface area contributed by atoms with Crippen LogP contribution in [0.15, 0.2) is 11.0 Å². The maximum absolute atomic E-state index is 11.2. The molecule has 1 rings (SSSR count). The molecule has 0 radical (unpaired) electrons. The van der Waals surface area contributed by atoms with Gasteiger partial charge in [0.2, 0.25) is 0 Å². The van der Waals surface area contributed by atoms with Crippen LogP contribution < -0.4 is 16.7 Å². The number of anilines is 1. The number of hydrogen-bond acceptors (Lipinski definition) is 4. The predicted octanol–water partition coefficient (Wildman–Crippen LogP) is 1.13. The molecule has 0 spiro atoms. The van der Waals surface area contributed by atoms with Gasteiger partial charge >= 0.3 is 5.69 Å². The van der Waals surface area contributed by atoms with Gasteiger partial charge in [0.25, 0.3) is 0 Å². The first-order chi connectivity index (χ1) is 9.04. The van der Waals surface area contributed by atoms with E-state index in [1.165, 1.54) is 4.57 Å². The molecule has 1 atom stereocenters. The van der Waals surface area contributed by atoms with Gasteiger partial charge in [0.1, 0.15) is 5.82 Å². The smallest absolute Gasteiger partial charge is 0.349 e. The van der Waals surface area contributed by atoms with Gasteiger partial charge in [-0.1, -0.05) is 32.6 Å². The fraction of sp³-hybridized carbons (Fsp3) is 0.571. The van der Waals surface area contributed by atoms with Crippen LogP contribution in [0.4, 0.5) is 5.82 Å². The first-order valence-electron chi connectivity index (χ1n) is 6.60. The zero-order chi connectivity index (χ0) is 14.8. The van der Waals surface area contributed by atoms with Crippen molar-refractivity contribution in [2.45, 2.75) is 40.2 Å². The van der Waals surface area contributed by atoms with Gasteiger partial charge in [-0.2, -0.15) is 4.98 Å². The minimum absolute atomic E-state index is 0.184. The summed E-state index contributed by atoms with van der Waals surface area (Å²) in [5.74, 6) is 6.04. The maximum atomic E-state index is 11.2. The van der Waals surface area contributed by atoms with E-state index in [1.54, 1.807) is 13.2 Å². The van der Waals surface area contributed by atoms with Crippen LogP contribution in [0, 0.1) is 11.8 Å². The zero-order valence-corrected chi connectivity index (χ0v) is 12.4. The van der Waals surface area contributed by atoms with Crippen LogP contribution in [0.2, 0.25) is 0 Å². The van der Waals surface area contributed by atoms with Crippen LogP contribution in [0.5, 0.6) is 0 Å². The molecule has 106 valence electrons. The van der Waals surface area contributed by atoms with Crippen molar-refractivity contribution in [1.29, 1.82) is 0 Å². The van der Waals surface area contributed by atoms with E-state index in [1.807, 2.05) is 13.8 Å². The van der Waals surface area contributed by atoms with E-state index in [-0.39, 0.29) is 11.5 Å². The molecule has 1 heterocycles. The highest BCUT2D eigenvalue weighted by molar-refractivity contribution is 5.48. The Labute approximate surface area is 115 Å². The summed E-state index contributed by atoms with van der Waals surface area (Å²) >= 11 is 0. The Morgan fingerprint density at radius 3 is 2.74 bits per heavy atom. The van der Waals surface area contributed by atoms with Crippen molar-refractivity contribution >= 4 is 5.82 Å². The number of nitrogens with two attached hydrogens (primary N) is 1. The average molecular weight is 264 g/mol. The normalized spacial score (nSPS) is 10.8. The van der Waals surface area contributed by atoms with Crippen LogP contribution in [0.3, 0.4) is 0 Å². The zero-order valence-electron chi connectivity index (χ0n) is 12.4. The Balaban J connectivity index is 0.00000154. The Hall–Kier alpha value is -1.80. The molecule has 3 N–H and O–H groups in total. The van der Waals surface area contributed by atoms with Gasteiger partial charge in [-0.05, 0) is 13.3 Å². The van der Waals surface area contributed by atoms with E-state index in [2.05, 4.69) is 36.0 Å². The summed E-state index contributed by atoms with van der Waals surface area (Å²) in [7, 11) is 1.62. The second-order valence-corrected chi connectivity index (χ2v) is 3.93. The summed E-state index contributed by atoms with van der Waals surface area (Å²) in [6.07, 6.45) is 2.66. The number of rotatable bonds is 3. The topological polar surface area (TPSA) is 72.9 Å². The molecule has 5 nitrogen and oxygen atoms in total. The standard InChI is InChI=1S/C12H18N4O.C2H6/c1-4-9(2)14-7-5-6-10-8-16(3)12(17)15-11(10)13;1-2/h8-9,14H,4,7H2,1-3H3,(H2,13,15,17);1-2H3. The number of aryl methyl sites for hydroxylation is 1. The second-order valence-electron chi connectivity index (χ2n) is 3.93. The van der Waals surface area contributed by atoms with Crippen LogP contribution in [-0.2, 0) is 7.05 Å². The molecule has 0 saturated heterocycles. The first-order valence-corrected chi connectivity index (χ1v) is 6.60. The molecule has 5 heteroatoms. The Bertz CT molecular complexity index is 496. The third kappa shape index (κ3) is 6.07. The third-order valence-electron chi connectivity index (χ3n) is 2.49. The van der Waals surface area contributed by atoms with Crippen molar-refractivity contribution in [3.05, 3.63) is 22.2 Å². The molecule has 0 bridgehead atoms. The summed E-state index contributed by atoms with van der Waals surface area (Å²) in [5, 5.41) is 3.24. The number of nitrogens with one attached hydrogen (secondary N) is 1. The monoisotopic (exact) mass is 264 g/mol. The highest BCUT2D eigenvalue weighted by atomic mass is 16.1. The van der Waals surface area contributed by atoms with E-state index in [0.717, 1.165) is 6.42 Å². The minimum atomic E-state index is -0.370. The highest BCUT2D eigenvalue weighted by Crippen LogP contribution is 2.01. The summed E-state index contributed by atoms with van der Waals surface area (Å²) in [6, 6.07) is 0.444. The van der Waals surface area contributed by atoms with E-state index in [9.17, 15) is 4.79 Å². The van der Waals surface area contributed by atoms with E-state index in [0.29, 0.717) is 18.2 Å². The van der Waals surface area contributed by atoms with Crippen molar-refractivity contribution in [1.82, 2.24) is 14.9 Å². The molecule has 1 aromatic heterocycles. The lowest BCUT2D eigenvalue weighted by Gasteiger charge is -2.06. The lowest BCUT2D eigenvalue weighted by Crippen LogP contribution is -2.25. The van der Waals surface area contributed by atoms with Crippen molar-refractivity contribution in [2.75, 3.05) is 12.3 Å². The Morgan fingerprint density at radius 1 is 1.53 bits per heavy atom. The molecule has 1 aromatic rings. The number of nitrogen functional groups attached to an aromatic ring is 1. The summed E-state index contributed by atoms with van der Waals surface area (Å²) in [5.41, 5.74) is 5.82. The van der Waals surface area contributed by atoms with Gasteiger partial charge in [0.05, 0.1) is 12.1 Å². The number of aromatic nitrogens is 2. The van der Waals surface area contributed by atoms with Gasteiger partial charge in [-0.25, -0.2) is 4.79 Å². The third-order valence-corrected chi connectivity index (χ3v) is 2.49. The summed E-state index contributed by atoms with van der Waals surface area (Å²) in [4.78, 5) is 14.8. The molecule has 0 amide bonds. The van der Waals surface area contributed by atoms with Crippen molar-refractivity contribution in [3.63, 3.8) is 0 Å². The molecule has 0 aliphatic rings. The largest absolute Gasteiger partial charge is 0.382 e. The first kappa shape index (κ1) is 17.2. The average Bonchev–Trinajstić information content (AvgIpc) is 2.42. The molecule has 1 unspecified atom stereocenters. The Kier molecular flexibility index (Phi) is 8.30. The highest BCUT2D eigenvalue weighted by Gasteiger charge is 2.00. The van der Waals surface area contributed by atoms with Gasteiger partial charge in [-0.15, -0.1) is 0 Å². The number of hydrogen-bond donors (Lipinski definition) is 2. The van der Waals surface area contributed by atoms with Gasteiger partial charge < -0.3 is 15.6 Å². The SMILES string of the molecule is CC.CCC(C)NCC#Cc1cn(C)c(=O)nc1N. The molecule has 0 aromatic carbocycles. The fourth-order valence-corrected chi connectivity index (χ4v) is 1.16. The lowest BCUT2D eigenvalue weighted by molar-refractivity contribution is 0.571. The van der Waals surface area contributed by atoms with Crippen molar-refractivity contribution < 1.29 is 0 Å². The van der Waals surface area contributed by atoms with Crippen molar-refractivity contribution in [2.24, 2.45) is 7.05 Å². The van der Waals surface area contributed by atoms with Gasteiger partial charge in [0, 0.05) is 19.3 Å². The second kappa shape index (κ2) is 9.17. The van der Waals surface area contributed by atoms with Crippen LogP contribution in [0.1, 0.15) is 39.7 Å². The van der Waals surface area contributed by atoms with Gasteiger partial charge in [-0.3, -0.25) is 0 Å². The Morgan fingerprint density at radius 2 is 2.16 bits per heavy atom. The lowest BCUT2D eigenvalue weighted by atomic mass is 10.2. The molecular formula is C14H24N4O. The van der Waals surface area contributed by atoms with Crippen LogP contribution in [0.25, 0.3) is 0 Å². The summed E-state index contributed by atoms with van der Waals surface area (Å²) in [6.45, 7) is 8.81. The van der Waals surface area contributed by atoms with Gasteiger partial charge in [0.15, 0.2) is 0 Å². The quantitative estimate of drug-likeness (QED) is 0.803. The minimum Gasteiger partial charge on any atom is -0.382 e. The molecule has 0 saturated carbocycles. The molecule has 0 fully saturated rings. The van der Waals surface area contributed by atoms with Crippen molar-refractivity contribution in [3.8, 4) is 11.8 Å². The van der Waals surface area contributed by atoms with Crippen LogP contribution in [-0.4, -0.2) is 22.1 Å². The molecular weight excluding hydrogens is 240 g/mol. The molecule has 19 heavy (non-hydrogen) atoms. The summed E-state index contributed by atoms with van der Waals surface area (Å²) < 4.78 is 1.36. The number of nitrogens with zero attached hydrogens (tertiary/aromatic N) is 2. The van der Waals surface area contributed by atoms with E-state index >= 15 is 0 Å². The molecule has 0 aliphatic carbocycles. The maximum Gasteiger partial charge on any atom is 0.349 e. The predicted molar refractivity (Wildman–Crippen MR) is 79.9 cm³/mol. The van der Waals surface area contributed by atoms with E-state index < -0.39 is 0 Å². The molecule has 0 aliphatic heterocycles.